The Morgan fingerprint density at radius 3 is 2.45 bits per heavy atom. The molecule has 0 bridgehead atoms. The molecule has 10 heteroatoms. The molecule has 10 nitrogen and oxygen atoms in total. The molecule has 0 saturated heterocycles. The van der Waals surface area contributed by atoms with Crippen LogP contribution in [0.3, 0.4) is 0 Å². The average molecular weight is 431 g/mol. The van der Waals surface area contributed by atoms with Gasteiger partial charge in [-0.15, -0.1) is 0 Å². The Bertz CT molecular complexity index is 918. The SMILES string of the molecule is NC(=O)[C@@H](Cc1ccccc1)NC(=O)[C@@]1(O)C[C@@H](O)[C@H](O)[C@@H](NC(=O)c2ccco2)C1. The van der Waals surface area contributed by atoms with Crippen LogP contribution < -0.4 is 16.4 Å². The Morgan fingerprint density at radius 1 is 1.13 bits per heavy atom. The van der Waals surface area contributed by atoms with Crippen LogP contribution in [0.25, 0.3) is 0 Å². The van der Waals surface area contributed by atoms with Gasteiger partial charge in [0.1, 0.15) is 17.7 Å². The minimum atomic E-state index is -2.15. The van der Waals surface area contributed by atoms with Crippen molar-refractivity contribution in [3.63, 3.8) is 0 Å². The molecule has 31 heavy (non-hydrogen) atoms. The second kappa shape index (κ2) is 9.29. The van der Waals surface area contributed by atoms with Gasteiger partial charge in [0.25, 0.3) is 11.8 Å². The molecule has 1 aliphatic carbocycles. The molecule has 0 unspecified atom stereocenters. The molecule has 1 fully saturated rings. The zero-order valence-corrected chi connectivity index (χ0v) is 16.6. The van der Waals surface area contributed by atoms with Crippen molar-refractivity contribution in [1.29, 1.82) is 0 Å². The Labute approximate surface area is 178 Å². The maximum absolute atomic E-state index is 12.8. The molecular formula is C21H25N3O7. The molecule has 3 rings (SSSR count). The highest BCUT2D eigenvalue weighted by molar-refractivity contribution is 5.93. The second-order valence-electron chi connectivity index (χ2n) is 7.67. The van der Waals surface area contributed by atoms with Gasteiger partial charge >= 0.3 is 0 Å². The molecular weight excluding hydrogens is 406 g/mol. The first-order valence-electron chi connectivity index (χ1n) is 9.77. The quantitative estimate of drug-likeness (QED) is 0.320. The summed E-state index contributed by atoms with van der Waals surface area (Å²) in [5.41, 5.74) is 4.01. The lowest BCUT2D eigenvalue weighted by atomic mass is 9.77. The number of rotatable bonds is 7. The Balaban J connectivity index is 1.72. The van der Waals surface area contributed by atoms with E-state index >= 15 is 0 Å². The van der Waals surface area contributed by atoms with Gasteiger partial charge in [-0.25, -0.2) is 0 Å². The fraction of sp³-hybridized carbons (Fsp3) is 0.381. The first kappa shape index (κ1) is 22.5. The lowest BCUT2D eigenvalue weighted by Crippen LogP contribution is -2.64. The molecule has 0 aliphatic heterocycles. The summed E-state index contributed by atoms with van der Waals surface area (Å²) >= 11 is 0. The highest BCUT2D eigenvalue weighted by atomic mass is 16.3. The Hall–Kier alpha value is -3.21. The predicted octanol–water partition coefficient (Wildman–Crippen LogP) is -1.16. The standard InChI is InChI=1S/C21H25N3O7/c22-18(27)13(9-12-5-2-1-3-6-12)24-20(29)21(30)10-14(17(26)15(25)11-21)23-19(28)16-7-4-8-31-16/h1-8,13-15,17,25-26,30H,9-11H2,(H2,22,27)(H,23,28)(H,24,29)/t13-,14+,15-,17-,21+/m1/s1. The molecule has 0 spiro atoms. The van der Waals surface area contributed by atoms with Crippen molar-refractivity contribution >= 4 is 17.7 Å². The van der Waals surface area contributed by atoms with Gasteiger partial charge in [-0.1, -0.05) is 30.3 Å². The first-order chi connectivity index (χ1) is 14.7. The molecule has 1 aromatic heterocycles. The summed E-state index contributed by atoms with van der Waals surface area (Å²) in [5, 5.41) is 36.3. The smallest absolute Gasteiger partial charge is 0.287 e. The summed E-state index contributed by atoms with van der Waals surface area (Å²) in [6, 6.07) is 9.53. The first-order valence-corrected chi connectivity index (χ1v) is 9.77. The van der Waals surface area contributed by atoms with Crippen LogP contribution in [0, 0.1) is 0 Å². The lowest BCUT2D eigenvalue weighted by Gasteiger charge is -2.41. The van der Waals surface area contributed by atoms with Crippen LogP contribution in [-0.4, -0.2) is 62.9 Å². The minimum Gasteiger partial charge on any atom is -0.459 e. The van der Waals surface area contributed by atoms with Crippen molar-refractivity contribution in [2.45, 2.75) is 49.2 Å². The summed E-state index contributed by atoms with van der Waals surface area (Å²) in [7, 11) is 0. The lowest BCUT2D eigenvalue weighted by molar-refractivity contribution is -0.159. The van der Waals surface area contributed by atoms with E-state index in [1.807, 2.05) is 0 Å². The number of hydrogen-bond donors (Lipinski definition) is 6. The number of aliphatic hydroxyl groups excluding tert-OH is 2. The van der Waals surface area contributed by atoms with E-state index in [9.17, 15) is 29.7 Å². The Morgan fingerprint density at radius 2 is 1.84 bits per heavy atom. The van der Waals surface area contributed by atoms with E-state index in [0.717, 1.165) is 5.56 Å². The van der Waals surface area contributed by atoms with E-state index < -0.39 is 54.0 Å². The van der Waals surface area contributed by atoms with E-state index in [1.165, 1.54) is 18.4 Å². The van der Waals surface area contributed by atoms with E-state index in [4.69, 9.17) is 10.2 Å². The van der Waals surface area contributed by atoms with Gasteiger partial charge in [0.05, 0.1) is 18.4 Å². The van der Waals surface area contributed by atoms with E-state index in [2.05, 4.69) is 10.6 Å². The van der Waals surface area contributed by atoms with Gasteiger partial charge in [0, 0.05) is 19.3 Å². The normalized spacial score (nSPS) is 26.6. The van der Waals surface area contributed by atoms with E-state index in [1.54, 1.807) is 30.3 Å². The average Bonchev–Trinajstić information content (AvgIpc) is 3.27. The van der Waals surface area contributed by atoms with Crippen molar-refractivity contribution in [3.8, 4) is 0 Å². The fourth-order valence-corrected chi connectivity index (χ4v) is 3.64. The largest absolute Gasteiger partial charge is 0.459 e. The second-order valence-corrected chi connectivity index (χ2v) is 7.67. The van der Waals surface area contributed by atoms with E-state index in [0.29, 0.717) is 0 Å². The zero-order chi connectivity index (χ0) is 22.6. The van der Waals surface area contributed by atoms with Crippen LogP contribution in [0.2, 0.25) is 0 Å². The van der Waals surface area contributed by atoms with Crippen molar-refractivity contribution in [2.75, 3.05) is 0 Å². The maximum Gasteiger partial charge on any atom is 0.287 e. The Kier molecular flexibility index (Phi) is 6.74. The van der Waals surface area contributed by atoms with Gasteiger partial charge in [0.2, 0.25) is 5.91 Å². The van der Waals surface area contributed by atoms with Crippen molar-refractivity contribution in [3.05, 3.63) is 60.1 Å². The van der Waals surface area contributed by atoms with Crippen molar-refractivity contribution in [2.24, 2.45) is 5.73 Å². The summed E-state index contributed by atoms with van der Waals surface area (Å²) in [4.78, 5) is 36.9. The van der Waals surface area contributed by atoms with Crippen LogP contribution in [0.15, 0.2) is 53.1 Å². The molecule has 1 aliphatic rings. The number of hydrogen-bond acceptors (Lipinski definition) is 7. The number of primary amides is 1. The number of amides is 3. The summed E-state index contributed by atoms with van der Waals surface area (Å²) in [6.45, 7) is 0. The highest BCUT2D eigenvalue weighted by Gasteiger charge is 2.49. The van der Waals surface area contributed by atoms with Crippen molar-refractivity contribution < 1.29 is 34.1 Å². The number of nitrogens with one attached hydrogen (secondary N) is 2. The fourth-order valence-electron chi connectivity index (χ4n) is 3.64. The van der Waals surface area contributed by atoms with Gasteiger partial charge < -0.3 is 36.1 Å². The number of furan rings is 1. The third-order valence-electron chi connectivity index (χ3n) is 5.33. The number of benzene rings is 1. The molecule has 7 N–H and O–H groups in total. The van der Waals surface area contributed by atoms with Crippen LogP contribution in [0.1, 0.15) is 29.0 Å². The molecule has 1 saturated carbocycles. The number of aliphatic hydroxyl groups is 3. The molecule has 1 heterocycles. The van der Waals surface area contributed by atoms with Gasteiger partial charge in [-0.05, 0) is 17.7 Å². The number of carbonyl (C=O) groups is 3. The summed E-state index contributed by atoms with van der Waals surface area (Å²) in [6.07, 6.45) is -2.37. The third-order valence-corrected chi connectivity index (χ3v) is 5.33. The van der Waals surface area contributed by atoms with Crippen molar-refractivity contribution in [1.82, 2.24) is 10.6 Å². The molecule has 1 aromatic carbocycles. The van der Waals surface area contributed by atoms with Crippen LogP contribution >= 0.6 is 0 Å². The maximum atomic E-state index is 12.8. The van der Waals surface area contributed by atoms with Crippen LogP contribution in [-0.2, 0) is 16.0 Å². The molecule has 166 valence electrons. The molecule has 2 aromatic rings. The molecule has 0 radical (unpaired) electrons. The zero-order valence-electron chi connectivity index (χ0n) is 16.6. The van der Waals surface area contributed by atoms with Crippen LogP contribution in [0.4, 0.5) is 0 Å². The number of carbonyl (C=O) groups excluding carboxylic acids is 3. The highest BCUT2D eigenvalue weighted by Crippen LogP contribution is 2.30. The van der Waals surface area contributed by atoms with Gasteiger partial charge in [-0.3, -0.25) is 14.4 Å². The predicted molar refractivity (Wildman–Crippen MR) is 107 cm³/mol. The monoisotopic (exact) mass is 431 g/mol. The number of nitrogens with two attached hydrogens (primary N) is 1. The third kappa shape index (κ3) is 5.29. The minimum absolute atomic E-state index is 0.0306. The van der Waals surface area contributed by atoms with Gasteiger partial charge in [-0.2, -0.15) is 0 Å². The topological polar surface area (TPSA) is 175 Å². The molecule has 5 atom stereocenters. The van der Waals surface area contributed by atoms with Crippen LogP contribution in [0.5, 0.6) is 0 Å². The summed E-state index contributed by atoms with van der Waals surface area (Å²) < 4.78 is 4.98. The van der Waals surface area contributed by atoms with Gasteiger partial charge in [0.15, 0.2) is 5.76 Å². The molecule has 3 amide bonds. The van der Waals surface area contributed by atoms with E-state index in [-0.39, 0.29) is 18.6 Å². The summed E-state index contributed by atoms with van der Waals surface area (Å²) in [5.74, 6) is -2.43.